The molecule has 0 unspecified atom stereocenters. The number of carbonyl (C=O) groups is 2. The molecular formula is C12H8Cl2N4O2S. The number of thioether (sulfide) groups is 1. The zero-order chi connectivity index (χ0) is 15.4. The van der Waals surface area contributed by atoms with E-state index in [1.807, 2.05) is 0 Å². The Labute approximate surface area is 134 Å². The number of hydrogen-bond acceptors (Lipinski definition) is 5. The predicted molar refractivity (Wildman–Crippen MR) is 84.0 cm³/mol. The summed E-state index contributed by atoms with van der Waals surface area (Å²) in [5.41, 5.74) is 0.376. The molecule has 1 aromatic carbocycles. The summed E-state index contributed by atoms with van der Waals surface area (Å²) in [6.07, 6.45) is 0. The van der Waals surface area contributed by atoms with Gasteiger partial charge in [-0.1, -0.05) is 47.6 Å². The van der Waals surface area contributed by atoms with E-state index in [-0.39, 0.29) is 27.5 Å². The zero-order valence-electron chi connectivity index (χ0n) is 10.5. The number of halogens is 2. The van der Waals surface area contributed by atoms with Crippen molar-refractivity contribution in [3.8, 4) is 0 Å². The van der Waals surface area contributed by atoms with E-state index < -0.39 is 5.91 Å². The molecule has 0 radical (unpaired) electrons. The SMILES string of the molecule is C=C1N=NC(SCC(=O)Nc2cccc(Cl)c2Cl)=NC1=O. The van der Waals surface area contributed by atoms with Gasteiger partial charge in [0.2, 0.25) is 11.1 Å². The summed E-state index contributed by atoms with van der Waals surface area (Å²) >= 11 is 12.8. The highest BCUT2D eigenvalue weighted by Gasteiger charge is 2.15. The first kappa shape index (κ1) is 15.7. The zero-order valence-corrected chi connectivity index (χ0v) is 12.8. The molecule has 0 aliphatic carbocycles. The van der Waals surface area contributed by atoms with Crippen molar-refractivity contribution < 1.29 is 9.59 Å². The Balaban J connectivity index is 1.93. The van der Waals surface area contributed by atoms with Crippen molar-refractivity contribution in [2.45, 2.75) is 0 Å². The Kier molecular flexibility index (Phi) is 5.11. The highest BCUT2D eigenvalue weighted by molar-refractivity contribution is 8.14. The van der Waals surface area contributed by atoms with E-state index in [4.69, 9.17) is 23.2 Å². The second-order valence-corrected chi connectivity index (χ2v) is 5.51. The lowest BCUT2D eigenvalue weighted by Crippen LogP contribution is -2.16. The number of nitrogens with zero attached hydrogens (tertiary/aromatic N) is 3. The van der Waals surface area contributed by atoms with Gasteiger partial charge in [0.25, 0.3) is 5.91 Å². The number of amides is 2. The fraction of sp³-hybridized carbons (Fsp3) is 0.0833. The number of anilines is 1. The topological polar surface area (TPSA) is 83.2 Å². The molecule has 21 heavy (non-hydrogen) atoms. The number of rotatable bonds is 3. The number of carbonyl (C=O) groups excluding carboxylic acids is 2. The summed E-state index contributed by atoms with van der Waals surface area (Å²) in [5.74, 6) is -0.898. The van der Waals surface area contributed by atoms with E-state index in [1.54, 1.807) is 18.2 Å². The Morgan fingerprint density at radius 2 is 2.10 bits per heavy atom. The first-order valence-corrected chi connectivity index (χ1v) is 7.32. The average molecular weight is 343 g/mol. The van der Waals surface area contributed by atoms with Gasteiger partial charge in [-0.2, -0.15) is 4.99 Å². The third-order valence-electron chi connectivity index (χ3n) is 2.26. The maximum Gasteiger partial charge on any atom is 0.299 e. The van der Waals surface area contributed by atoms with Crippen molar-refractivity contribution in [1.29, 1.82) is 0 Å². The van der Waals surface area contributed by atoms with Gasteiger partial charge in [0.05, 0.1) is 21.5 Å². The Morgan fingerprint density at radius 1 is 1.33 bits per heavy atom. The van der Waals surface area contributed by atoms with Crippen molar-refractivity contribution in [1.82, 2.24) is 0 Å². The van der Waals surface area contributed by atoms with Gasteiger partial charge in [-0.3, -0.25) is 9.59 Å². The van der Waals surface area contributed by atoms with Gasteiger partial charge >= 0.3 is 0 Å². The molecule has 0 bridgehead atoms. The van der Waals surface area contributed by atoms with E-state index >= 15 is 0 Å². The van der Waals surface area contributed by atoms with E-state index in [1.165, 1.54) is 0 Å². The third kappa shape index (κ3) is 4.13. The molecule has 0 spiro atoms. The quantitative estimate of drug-likeness (QED) is 0.852. The maximum atomic E-state index is 11.8. The minimum absolute atomic E-state index is 0.000448. The first-order chi connectivity index (χ1) is 9.97. The van der Waals surface area contributed by atoms with Gasteiger partial charge in [-0.15, -0.1) is 10.2 Å². The van der Waals surface area contributed by atoms with Crippen LogP contribution in [0, 0.1) is 0 Å². The van der Waals surface area contributed by atoms with E-state index in [0.717, 1.165) is 11.8 Å². The minimum Gasteiger partial charge on any atom is -0.324 e. The number of hydrogen-bond donors (Lipinski definition) is 1. The molecule has 1 aliphatic heterocycles. The van der Waals surface area contributed by atoms with Gasteiger partial charge < -0.3 is 5.32 Å². The monoisotopic (exact) mass is 342 g/mol. The van der Waals surface area contributed by atoms with Crippen molar-refractivity contribution >= 4 is 57.6 Å². The lowest BCUT2D eigenvalue weighted by atomic mass is 10.3. The normalized spacial score (nSPS) is 14.1. The fourth-order valence-electron chi connectivity index (χ4n) is 1.30. The molecule has 0 fully saturated rings. The Morgan fingerprint density at radius 3 is 2.81 bits per heavy atom. The molecule has 2 amide bonds. The molecule has 0 saturated carbocycles. The van der Waals surface area contributed by atoms with Crippen molar-refractivity contribution in [2.75, 3.05) is 11.1 Å². The molecular weight excluding hydrogens is 335 g/mol. The lowest BCUT2D eigenvalue weighted by molar-refractivity contribution is -0.115. The van der Waals surface area contributed by atoms with Gasteiger partial charge in [0.1, 0.15) is 5.70 Å². The largest absolute Gasteiger partial charge is 0.324 e. The third-order valence-corrected chi connectivity index (χ3v) is 3.91. The van der Waals surface area contributed by atoms with Crippen LogP contribution in [-0.2, 0) is 9.59 Å². The summed E-state index contributed by atoms with van der Waals surface area (Å²) in [5, 5.41) is 10.5. The molecule has 2 rings (SSSR count). The van der Waals surface area contributed by atoms with Crippen molar-refractivity contribution in [3.63, 3.8) is 0 Å². The molecule has 1 heterocycles. The van der Waals surface area contributed by atoms with Gasteiger partial charge in [-0.05, 0) is 12.1 Å². The Hall–Kier alpha value is -1.70. The molecule has 108 valence electrons. The summed E-state index contributed by atoms with van der Waals surface area (Å²) in [4.78, 5) is 26.7. The maximum absolute atomic E-state index is 11.8. The van der Waals surface area contributed by atoms with Gasteiger partial charge in [0, 0.05) is 0 Å². The standard InChI is InChI=1S/C12H8Cl2N4O2S/c1-6-11(20)16-12(18-17-6)21-5-9(19)15-8-4-2-3-7(13)10(8)14/h2-4H,1,5H2,(H,15,19). The highest BCUT2D eigenvalue weighted by Crippen LogP contribution is 2.29. The smallest absolute Gasteiger partial charge is 0.299 e. The van der Waals surface area contributed by atoms with Crippen molar-refractivity contribution in [3.05, 3.63) is 40.5 Å². The predicted octanol–water partition coefficient (Wildman–Crippen LogP) is 3.53. The van der Waals surface area contributed by atoms with Crippen LogP contribution in [0.2, 0.25) is 10.0 Å². The number of amidine groups is 1. The van der Waals surface area contributed by atoms with Crippen molar-refractivity contribution in [2.24, 2.45) is 15.2 Å². The molecule has 1 aliphatic rings. The van der Waals surface area contributed by atoms with E-state index in [0.29, 0.717) is 10.7 Å². The minimum atomic E-state index is -0.564. The first-order valence-electron chi connectivity index (χ1n) is 5.57. The van der Waals surface area contributed by atoms with Crippen LogP contribution in [0.1, 0.15) is 0 Å². The fourth-order valence-corrected chi connectivity index (χ4v) is 2.22. The van der Waals surface area contributed by atoms with Gasteiger partial charge in [0.15, 0.2) is 0 Å². The van der Waals surface area contributed by atoms with Crippen LogP contribution >= 0.6 is 35.0 Å². The summed E-state index contributed by atoms with van der Waals surface area (Å²) in [6.45, 7) is 3.37. The summed E-state index contributed by atoms with van der Waals surface area (Å²) < 4.78 is 0. The summed E-state index contributed by atoms with van der Waals surface area (Å²) in [7, 11) is 0. The number of aliphatic imine (C=N–C) groups is 1. The molecule has 1 aromatic rings. The van der Waals surface area contributed by atoms with Crippen LogP contribution in [0.3, 0.4) is 0 Å². The van der Waals surface area contributed by atoms with Crippen LogP contribution in [0.4, 0.5) is 5.69 Å². The molecule has 0 aromatic heterocycles. The van der Waals surface area contributed by atoms with E-state index in [2.05, 4.69) is 27.1 Å². The second-order valence-electron chi connectivity index (χ2n) is 3.78. The summed E-state index contributed by atoms with van der Waals surface area (Å²) in [6, 6.07) is 4.91. The molecule has 0 atom stereocenters. The van der Waals surface area contributed by atoms with Crippen LogP contribution in [0.5, 0.6) is 0 Å². The molecule has 0 saturated heterocycles. The van der Waals surface area contributed by atoms with E-state index in [9.17, 15) is 9.59 Å². The lowest BCUT2D eigenvalue weighted by Gasteiger charge is -2.08. The average Bonchev–Trinajstić information content (AvgIpc) is 2.45. The molecule has 6 nitrogen and oxygen atoms in total. The van der Waals surface area contributed by atoms with Crippen LogP contribution < -0.4 is 5.32 Å². The Bertz CT molecular complexity index is 688. The number of benzene rings is 1. The second kappa shape index (κ2) is 6.84. The van der Waals surface area contributed by atoms with Gasteiger partial charge in [-0.25, -0.2) is 0 Å². The molecule has 9 heteroatoms. The number of nitrogens with one attached hydrogen (secondary N) is 1. The molecule has 1 N–H and O–H groups in total. The number of azo groups is 1. The van der Waals surface area contributed by atoms with Crippen LogP contribution in [0.15, 0.2) is 45.7 Å². The highest BCUT2D eigenvalue weighted by atomic mass is 35.5. The van der Waals surface area contributed by atoms with Crippen LogP contribution in [0.25, 0.3) is 0 Å². The van der Waals surface area contributed by atoms with Crippen LogP contribution in [-0.4, -0.2) is 22.7 Å².